The van der Waals surface area contributed by atoms with E-state index in [9.17, 15) is 0 Å². The largest absolute Gasteiger partial charge is 0.493 e. The van der Waals surface area contributed by atoms with E-state index in [1.54, 1.807) is 0 Å². The zero-order valence-electron chi connectivity index (χ0n) is 10.9. The van der Waals surface area contributed by atoms with E-state index in [1.165, 1.54) is 5.56 Å². The van der Waals surface area contributed by atoms with Crippen LogP contribution in [-0.2, 0) is 4.74 Å². The Morgan fingerprint density at radius 1 is 1.33 bits per heavy atom. The maximum Gasteiger partial charge on any atom is 0.124 e. The van der Waals surface area contributed by atoms with Crippen molar-refractivity contribution in [1.29, 1.82) is 0 Å². The number of hydrogen-bond acceptors (Lipinski definition) is 3. The Morgan fingerprint density at radius 3 is 3.00 bits per heavy atom. The summed E-state index contributed by atoms with van der Waals surface area (Å²) in [6.07, 6.45) is 3.83. The van der Waals surface area contributed by atoms with Crippen molar-refractivity contribution in [1.82, 2.24) is 5.32 Å². The molecule has 0 spiro atoms. The van der Waals surface area contributed by atoms with Gasteiger partial charge in [0.05, 0.1) is 12.7 Å². The van der Waals surface area contributed by atoms with E-state index in [1.807, 2.05) is 6.07 Å². The highest BCUT2D eigenvalue weighted by Crippen LogP contribution is 2.34. The highest BCUT2D eigenvalue weighted by Gasteiger charge is 2.32. The summed E-state index contributed by atoms with van der Waals surface area (Å²) in [5, 5.41) is 3.74. The third-order valence-corrected chi connectivity index (χ3v) is 3.89. The molecule has 1 fully saturated rings. The number of ether oxygens (including phenoxy) is 2. The first-order valence-corrected chi connectivity index (χ1v) is 6.96. The summed E-state index contributed by atoms with van der Waals surface area (Å²) in [6.45, 7) is 3.71. The number of para-hydroxylation sites is 1. The van der Waals surface area contributed by atoms with E-state index in [0.29, 0.717) is 18.2 Å². The molecule has 1 saturated carbocycles. The molecule has 1 heterocycles. The lowest BCUT2D eigenvalue weighted by atomic mass is 9.87. The number of fused-ring (bicyclic) bond motifs is 1. The van der Waals surface area contributed by atoms with Crippen molar-refractivity contribution in [2.24, 2.45) is 0 Å². The molecule has 2 aliphatic rings. The maximum absolute atomic E-state index is 5.68. The maximum atomic E-state index is 5.68. The van der Waals surface area contributed by atoms with Gasteiger partial charge in [-0.3, -0.25) is 0 Å². The molecule has 1 aliphatic heterocycles. The molecule has 0 saturated heterocycles. The third kappa shape index (κ3) is 2.38. The third-order valence-electron chi connectivity index (χ3n) is 3.89. The van der Waals surface area contributed by atoms with Crippen LogP contribution in [0.1, 0.15) is 37.8 Å². The minimum atomic E-state index is 0.447. The van der Waals surface area contributed by atoms with Crippen molar-refractivity contribution in [3.05, 3.63) is 29.8 Å². The van der Waals surface area contributed by atoms with Crippen LogP contribution in [0.2, 0.25) is 0 Å². The van der Waals surface area contributed by atoms with Crippen molar-refractivity contribution >= 4 is 0 Å². The smallest absolute Gasteiger partial charge is 0.124 e. The van der Waals surface area contributed by atoms with Gasteiger partial charge in [-0.1, -0.05) is 18.2 Å². The molecule has 1 aromatic carbocycles. The summed E-state index contributed by atoms with van der Waals surface area (Å²) in [5.74, 6) is 1.04. The zero-order valence-corrected chi connectivity index (χ0v) is 10.9. The number of rotatable bonds is 4. The van der Waals surface area contributed by atoms with Crippen molar-refractivity contribution in [3.63, 3.8) is 0 Å². The standard InChI is InChI=1S/C15H21NO2/c1-2-17-12-9-11(10-12)16-14-7-8-18-15-6-4-3-5-13(14)15/h3-6,11-12,14,16H,2,7-10H2,1H3. The van der Waals surface area contributed by atoms with E-state index in [2.05, 4.69) is 30.4 Å². The second-order valence-corrected chi connectivity index (χ2v) is 5.14. The minimum Gasteiger partial charge on any atom is -0.493 e. The Labute approximate surface area is 108 Å². The first-order valence-electron chi connectivity index (χ1n) is 6.96. The fourth-order valence-corrected chi connectivity index (χ4v) is 2.87. The molecular weight excluding hydrogens is 226 g/mol. The SMILES string of the molecule is CCOC1CC(NC2CCOc3ccccc32)C1. The van der Waals surface area contributed by atoms with E-state index >= 15 is 0 Å². The average molecular weight is 247 g/mol. The van der Waals surface area contributed by atoms with Crippen molar-refractivity contribution in [2.75, 3.05) is 13.2 Å². The molecule has 1 unspecified atom stereocenters. The molecule has 3 nitrogen and oxygen atoms in total. The van der Waals surface area contributed by atoms with Gasteiger partial charge in [-0.25, -0.2) is 0 Å². The van der Waals surface area contributed by atoms with Crippen molar-refractivity contribution in [3.8, 4) is 5.75 Å². The summed E-state index contributed by atoms with van der Waals surface area (Å²) in [6, 6.07) is 9.42. The van der Waals surface area contributed by atoms with Crippen molar-refractivity contribution in [2.45, 2.75) is 44.4 Å². The number of nitrogens with one attached hydrogen (secondary N) is 1. The van der Waals surface area contributed by atoms with Gasteiger partial charge in [0, 0.05) is 30.7 Å². The Morgan fingerprint density at radius 2 is 2.17 bits per heavy atom. The van der Waals surface area contributed by atoms with Gasteiger partial charge in [0.25, 0.3) is 0 Å². The monoisotopic (exact) mass is 247 g/mol. The fourth-order valence-electron chi connectivity index (χ4n) is 2.87. The second-order valence-electron chi connectivity index (χ2n) is 5.14. The molecule has 18 heavy (non-hydrogen) atoms. The Hall–Kier alpha value is -1.06. The molecule has 1 aromatic rings. The molecule has 0 radical (unpaired) electrons. The van der Waals surface area contributed by atoms with Crippen LogP contribution in [0, 0.1) is 0 Å². The highest BCUT2D eigenvalue weighted by atomic mass is 16.5. The summed E-state index contributed by atoms with van der Waals surface area (Å²) < 4.78 is 11.3. The molecule has 1 N–H and O–H groups in total. The lowest BCUT2D eigenvalue weighted by Crippen LogP contribution is -2.47. The van der Waals surface area contributed by atoms with Crippen LogP contribution in [0.15, 0.2) is 24.3 Å². The van der Waals surface area contributed by atoms with E-state index in [-0.39, 0.29) is 0 Å². The Balaban J connectivity index is 1.59. The molecular formula is C15H21NO2. The van der Waals surface area contributed by atoms with Crippen LogP contribution in [-0.4, -0.2) is 25.4 Å². The summed E-state index contributed by atoms with van der Waals surface area (Å²) >= 11 is 0. The predicted octanol–water partition coefficient (Wildman–Crippen LogP) is 2.67. The first kappa shape index (κ1) is 12.0. The summed E-state index contributed by atoms with van der Waals surface area (Å²) in [7, 11) is 0. The average Bonchev–Trinajstić information content (AvgIpc) is 2.37. The van der Waals surface area contributed by atoms with Gasteiger partial charge in [0.15, 0.2) is 0 Å². The molecule has 3 rings (SSSR count). The van der Waals surface area contributed by atoms with Gasteiger partial charge < -0.3 is 14.8 Å². The molecule has 0 amide bonds. The lowest BCUT2D eigenvalue weighted by molar-refractivity contribution is -0.0135. The van der Waals surface area contributed by atoms with Gasteiger partial charge in [0.1, 0.15) is 5.75 Å². The molecule has 1 aliphatic carbocycles. The van der Waals surface area contributed by atoms with Gasteiger partial charge >= 0.3 is 0 Å². The van der Waals surface area contributed by atoms with Crippen LogP contribution in [0.3, 0.4) is 0 Å². The van der Waals surface area contributed by atoms with E-state index in [4.69, 9.17) is 9.47 Å². The quantitative estimate of drug-likeness (QED) is 0.887. The van der Waals surface area contributed by atoms with Gasteiger partial charge in [-0.05, 0) is 25.8 Å². The van der Waals surface area contributed by atoms with Crippen molar-refractivity contribution < 1.29 is 9.47 Å². The topological polar surface area (TPSA) is 30.5 Å². The Kier molecular flexibility index (Phi) is 3.52. The molecule has 0 bridgehead atoms. The minimum absolute atomic E-state index is 0.447. The normalized spacial score (nSPS) is 30.2. The van der Waals surface area contributed by atoms with Gasteiger partial charge in [-0.2, -0.15) is 0 Å². The van der Waals surface area contributed by atoms with Gasteiger partial charge in [0.2, 0.25) is 0 Å². The zero-order chi connectivity index (χ0) is 12.4. The van der Waals surface area contributed by atoms with Crippen LogP contribution < -0.4 is 10.1 Å². The van der Waals surface area contributed by atoms with E-state index in [0.717, 1.165) is 38.2 Å². The molecule has 1 atom stereocenters. The fraction of sp³-hybridized carbons (Fsp3) is 0.600. The number of benzene rings is 1. The summed E-state index contributed by atoms with van der Waals surface area (Å²) in [5.41, 5.74) is 1.31. The lowest BCUT2D eigenvalue weighted by Gasteiger charge is -2.39. The van der Waals surface area contributed by atoms with Crippen LogP contribution in [0.25, 0.3) is 0 Å². The first-order chi connectivity index (χ1) is 8.86. The number of hydrogen-bond donors (Lipinski definition) is 1. The summed E-state index contributed by atoms with van der Waals surface area (Å²) in [4.78, 5) is 0. The van der Waals surface area contributed by atoms with Crippen LogP contribution in [0.4, 0.5) is 0 Å². The second kappa shape index (κ2) is 5.29. The highest BCUT2D eigenvalue weighted by molar-refractivity contribution is 5.37. The van der Waals surface area contributed by atoms with Crippen LogP contribution >= 0.6 is 0 Å². The molecule has 98 valence electrons. The molecule has 0 aromatic heterocycles. The molecule has 3 heteroatoms. The Bertz CT molecular complexity index is 401. The van der Waals surface area contributed by atoms with E-state index < -0.39 is 0 Å². The van der Waals surface area contributed by atoms with Crippen LogP contribution in [0.5, 0.6) is 5.75 Å². The van der Waals surface area contributed by atoms with Gasteiger partial charge in [-0.15, -0.1) is 0 Å². The predicted molar refractivity (Wildman–Crippen MR) is 70.9 cm³/mol.